The average Bonchev–Trinajstić information content (AvgIpc) is 2.42. The molecule has 1 fully saturated rings. The monoisotopic (exact) mass is 276 g/mol. The van der Waals surface area contributed by atoms with Crippen LogP contribution in [0.3, 0.4) is 0 Å². The van der Waals surface area contributed by atoms with E-state index in [0.29, 0.717) is 0 Å². The van der Waals surface area contributed by atoms with Gasteiger partial charge in [-0.3, -0.25) is 4.79 Å². The standard InChI is InChI=1S/C16H24N2O2/c1-12-5-7-14(8-6-12)13(2)18(4)15(19)9-20-16(3)10-17-11-16/h5-8,13,17H,9-11H2,1-4H3. The molecule has 0 bridgehead atoms. The molecule has 1 aliphatic heterocycles. The van der Waals surface area contributed by atoms with E-state index < -0.39 is 0 Å². The van der Waals surface area contributed by atoms with Crippen molar-refractivity contribution in [1.29, 1.82) is 0 Å². The molecule has 1 saturated heterocycles. The number of rotatable bonds is 5. The average molecular weight is 276 g/mol. The zero-order chi connectivity index (χ0) is 14.8. The second-order valence-corrected chi connectivity index (χ2v) is 5.93. The Labute approximate surface area is 121 Å². The van der Waals surface area contributed by atoms with Crippen molar-refractivity contribution in [3.8, 4) is 0 Å². The summed E-state index contributed by atoms with van der Waals surface area (Å²) in [6, 6.07) is 8.34. The molecule has 0 radical (unpaired) electrons. The number of aryl methyl sites for hydroxylation is 1. The Balaban J connectivity index is 1.90. The minimum absolute atomic E-state index is 0.0196. The summed E-state index contributed by atoms with van der Waals surface area (Å²) in [4.78, 5) is 13.9. The predicted octanol–water partition coefficient (Wildman–Crippen LogP) is 1.89. The van der Waals surface area contributed by atoms with E-state index >= 15 is 0 Å². The normalized spacial score (nSPS) is 18.2. The van der Waals surface area contributed by atoms with Crippen molar-refractivity contribution in [2.24, 2.45) is 0 Å². The highest BCUT2D eigenvalue weighted by Gasteiger charge is 2.33. The lowest BCUT2D eigenvalue weighted by molar-refractivity contribution is -0.146. The fourth-order valence-electron chi connectivity index (χ4n) is 2.20. The molecule has 1 unspecified atom stereocenters. The third-order valence-electron chi connectivity index (χ3n) is 4.08. The number of hydrogen-bond donors (Lipinski definition) is 1. The minimum atomic E-state index is -0.177. The number of nitrogens with zero attached hydrogens (tertiary/aromatic N) is 1. The first-order valence-electron chi connectivity index (χ1n) is 7.08. The molecule has 1 N–H and O–H groups in total. The van der Waals surface area contributed by atoms with Crippen molar-refractivity contribution >= 4 is 5.91 Å². The zero-order valence-corrected chi connectivity index (χ0v) is 12.8. The summed E-state index contributed by atoms with van der Waals surface area (Å²) in [7, 11) is 1.83. The van der Waals surface area contributed by atoms with Gasteiger partial charge in [0, 0.05) is 20.1 Å². The van der Waals surface area contributed by atoms with Gasteiger partial charge in [0.15, 0.2) is 0 Å². The maximum atomic E-state index is 12.2. The molecule has 1 amide bonds. The van der Waals surface area contributed by atoms with Crippen molar-refractivity contribution in [3.05, 3.63) is 35.4 Å². The van der Waals surface area contributed by atoms with Gasteiger partial charge in [0.2, 0.25) is 5.91 Å². The van der Waals surface area contributed by atoms with Crippen LogP contribution in [0.1, 0.15) is 31.0 Å². The molecule has 1 aromatic carbocycles. The van der Waals surface area contributed by atoms with Crippen LogP contribution in [-0.2, 0) is 9.53 Å². The summed E-state index contributed by atoms with van der Waals surface area (Å²) < 4.78 is 5.70. The number of ether oxygens (including phenoxy) is 1. The topological polar surface area (TPSA) is 41.6 Å². The summed E-state index contributed by atoms with van der Waals surface area (Å²) in [5.41, 5.74) is 2.19. The first-order chi connectivity index (χ1) is 9.41. The van der Waals surface area contributed by atoms with Gasteiger partial charge in [-0.25, -0.2) is 0 Å². The van der Waals surface area contributed by atoms with E-state index in [1.165, 1.54) is 5.56 Å². The first kappa shape index (κ1) is 15.0. The molecule has 110 valence electrons. The Kier molecular flexibility index (Phi) is 4.45. The molecule has 0 aliphatic carbocycles. The van der Waals surface area contributed by atoms with E-state index in [1.807, 2.05) is 20.9 Å². The van der Waals surface area contributed by atoms with Crippen LogP contribution in [0.25, 0.3) is 0 Å². The Morgan fingerprint density at radius 2 is 2.00 bits per heavy atom. The van der Waals surface area contributed by atoms with Crippen LogP contribution in [0, 0.1) is 6.92 Å². The van der Waals surface area contributed by atoms with Crippen LogP contribution < -0.4 is 5.32 Å². The highest BCUT2D eigenvalue weighted by molar-refractivity contribution is 5.77. The van der Waals surface area contributed by atoms with E-state index in [0.717, 1.165) is 18.7 Å². The molecule has 2 rings (SSSR count). The Morgan fingerprint density at radius 3 is 2.50 bits per heavy atom. The number of carbonyl (C=O) groups is 1. The van der Waals surface area contributed by atoms with Crippen LogP contribution >= 0.6 is 0 Å². The summed E-state index contributed by atoms with van der Waals surface area (Å²) in [6.07, 6.45) is 0. The highest BCUT2D eigenvalue weighted by atomic mass is 16.5. The predicted molar refractivity (Wildman–Crippen MR) is 79.6 cm³/mol. The number of carbonyl (C=O) groups excluding carboxylic acids is 1. The van der Waals surface area contributed by atoms with Gasteiger partial charge in [-0.05, 0) is 26.3 Å². The van der Waals surface area contributed by atoms with Crippen molar-refractivity contribution in [2.45, 2.75) is 32.4 Å². The van der Waals surface area contributed by atoms with Crippen LogP contribution in [-0.4, -0.2) is 43.2 Å². The summed E-state index contributed by atoms with van der Waals surface area (Å²) in [5, 5.41) is 3.16. The molecule has 0 saturated carbocycles. The van der Waals surface area contributed by atoms with Crippen molar-refractivity contribution in [1.82, 2.24) is 10.2 Å². The molecule has 1 aromatic rings. The van der Waals surface area contributed by atoms with Gasteiger partial charge in [-0.15, -0.1) is 0 Å². The van der Waals surface area contributed by atoms with E-state index in [4.69, 9.17) is 4.74 Å². The number of benzene rings is 1. The fraction of sp³-hybridized carbons (Fsp3) is 0.562. The SMILES string of the molecule is Cc1ccc(C(C)N(C)C(=O)COC2(C)CNC2)cc1. The molecule has 0 spiro atoms. The second-order valence-electron chi connectivity index (χ2n) is 5.93. The molecule has 1 atom stereocenters. The maximum absolute atomic E-state index is 12.2. The van der Waals surface area contributed by atoms with Gasteiger partial charge < -0.3 is 15.0 Å². The van der Waals surface area contributed by atoms with Crippen molar-refractivity contribution in [2.75, 3.05) is 26.7 Å². The zero-order valence-electron chi connectivity index (χ0n) is 12.8. The number of nitrogens with one attached hydrogen (secondary N) is 1. The van der Waals surface area contributed by atoms with Gasteiger partial charge in [-0.1, -0.05) is 29.8 Å². The quantitative estimate of drug-likeness (QED) is 0.893. The molecule has 20 heavy (non-hydrogen) atoms. The van der Waals surface area contributed by atoms with Crippen LogP contribution in [0.2, 0.25) is 0 Å². The van der Waals surface area contributed by atoms with E-state index in [9.17, 15) is 4.79 Å². The summed E-state index contributed by atoms with van der Waals surface area (Å²) >= 11 is 0. The largest absolute Gasteiger partial charge is 0.363 e. The lowest BCUT2D eigenvalue weighted by Crippen LogP contribution is -2.59. The molecule has 1 heterocycles. The molecule has 0 aromatic heterocycles. The Bertz CT molecular complexity index is 466. The minimum Gasteiger partial charge on any atom is -0.363 e. The maximum Gasteiger partial charge on any atom is 0.248 e. The first-order valence-corrected chi connectivity index (χ1v) is 7.08. The number of amides is 1. The fourth-order valence-corrected chi connectivity index (χ4v) is 2.20. The third kappa shape index (κ3) is 3.38. The van der Waals surface area contributed by atoms with Crippen LogP contribution in [0.5, 0.6) is 0 Å². The van der Waals surface area contributed by atoms with Crippen molar-refractivity contribution < 1.29 is 9.53 Å². The van der Waals surface area contributed by atoms with Gasteiger partial charge >= 0.3 is 0 Å². The molecular weight excluding hydrogens is 252 g/mol. The van der Waals surface area contributed by atoms with Crippen molar-refractivity contribution in [3.63, 3.8) is 0 Å². The Hall–Kier alpha value is -1.39. The van der Waals surface area contributed by atoms with Gasteiger partial charge in [0.1, 0.15) is 6.61 Å². The second kappa shape index (κ2) is 5.94. The lowest BCUT2D eigenvalue weighted by Gasteiger charge is -2.39. The van der Waals surface area contributed by atoms with Gasteiger partial charge in [0.05, 0.1) is 11.6 Å². The molecule has 1 aliphatic rings. The van der Waals surface area contributed by atoms with E-state index in [2.05, 4.69) is 36.5 Å². The highest BCUT2D eigenvalue weighted by Crippen LogP contribution is 2.20. The summed E-state index contributed by atoms with van der Waals surface area (Å²) in [5.74, 6) is 0.0196. The summed E-state index contributed by atoms with van der Waals surface area (Å²) in [6.45, 7) is 7.90. The lowest BCUT2D eigenvalue weighted by atomic mass is 10.0. The van der Waals surface area contributed by atoms with Gasteiger partial charge in [0.25, 0.3) is 0 Å². The number of likely N-dealkylation sites (N-methyl/N-ethyl adjacent to an activating group) is 1. The third-order valence-corrected chi connectivity index (χ3v) is 4.08. The molecule has 4 nitrogen and oxygen atoms in total. The smallest absolute Gasteiger partial charge is 0.248 e. The van der Waals surface area contributed by atoms with Gasteiger partial charge in [-0.2, -0.15) is 0 Å². The Morgan fingerprint density at radius 1 is 1.40 bits per heavy atom. The van der Waals surface area contributed by atoms with Crippen LogP contribution in [0.4, 0.5) is 0 Å². The number of hydrogen-bond acceptors (Lipinski definition) is 3. The molecule has 4 heteroatoms. The van der Waals surface area contributed by atoms with E-state index in [1.54, 1.807) is 4.90 Å². The van der Waals surface area contributed by atoms with Crippen LogP contribution in [0.15, 0.2) is 24.3 Å². The van der Waals surface area contributed by atoms with E-state index in [-0.39, 0.29) is 24.2 Å². The molecular formula is C16H24N2O2.